The molecule has 8 nitrogen and oxygen atoms in total. The van der Waals surface area contributed by atoms with Crippen LogP contribution in [0.5, 0.6) is 0 Å². The maximum absolute atomic E-state index is 13.1. The molecule has 0 saturated carbocycles. The summed E-state index contributed by atoms with van der Waals surface area (Å²) >= 11 is 0. The molecule has 2 aromatic heterocycles. The van der Waals surface area contributed by atoms with E-state index < -0.39 is 11.7 Å². The highest BCUT2D eigenvalue weighted by atomic mass is 16.5. The van der Waals surface area contributed by atoms with Crippen molar-refractivity contribution >= 4 is 16.7 Å². The van der Waals surface area contributed by atoms with Crippen molar-refractivity contribution in [1.29, 1.82) is 0 Å². The second-order valence-electron chi connectivity index (χ2n) is 6.31. The first-order valence-electron chi connectivity index (χ1n) is 8.28. The number of hydrogen-bond donors (Lipinski definition) is 0. The second-order valence-corrected chi connectivity index (χ2v) is 6.31. The molecule has 1 saturated heterocycles. The van der Waals surface area contributed by atoms with Gasteiger partial charge in [0.05, 0.1) is 23.6 Å². The monoisotopic (exact) mass is 355 g/mol. The van der Waals surface area contributed by atoms with E-state index >= 15 is 0 Å². The lowest BCUT2D eigenvalue weighted by Crippen LogP contribution is -2.46. The maximum atomic E-state index is 13.1. The normalized spacial score (nSPS) is 20.5. The Morgan fingerprint density at radius 1 is 1.23 bits per heavy atom. The molecule has 8 heteroatoms. The summed E-state index contributed by atoms with van der Waals surface area (Å²) in [7, 11) is 0. The number of nitrogens with zero attached hydrogens (tertiary/aromatic N) is 3. The zero-order valence-electron chi connectivity index (χ0n) is 14.3. The lowest BCUT2D eigenvalue weighted by atomic mass is 10.1. The molecule has 4 rings (SSSR count). The minimum absolute atomic E-state index is 0.202. The van der Waals surface area contributed by atoms with E-state index in [0.29, 0.717) is 34.6 Å². The summed E-state index contributed by atoms with van der Waals surface area (Å²) in [6.07, 6.45) is 0.525. The van der Waals surface area contributed by atoms with Gasteiger partial charge in [-0.05, 0) is 19.9 Å². The summed E-state index contributed by atoms with van der Waals surface area (Å²) in [5, 5.41) is 4.72. The SMILES string of the molecule is Cc1noc([C@H]2CN(C(=O)c3coc(=O)c4ccccc34)C[C@@H](C)O2)n1. The molecule has 26 heavy (non-hydrogen) atoms. The van der Waals surface area contributed by atoms with Gasteiger partial charge in [0.1, 0.15) is 6.26 Å². The Balaban J connectivity index is 1.68. The average Bonchev–Trinajstić information content (AvgIpc) is 3.08. The molecule has 0 N–H and O–H groups in total. The summed E-state index contributed by atoms with van der Waals surface area (Å²) in [4.78, 5) is 30.8. The Labute approximate surface area is 148 Å². The molecular formula is C18H17N3O5. The van der Waals surface area contributed by atoms with Gasteiger partial charge in [0, 0.05) is 11.9 Å². The van der Waals surface area contributed by atoms with Crippen molar-refractivity contribution in [3.63, 3.8) is 0 Å². The molecule has 1 amide bonds. The van der Waals surface area contributed by atoms with Gasteiger partial charge in [-0.15, -0.1) is 0 Å². The van der Waals surface area contributed by atoms with Crippen LogP contribution in [0, 0.1) is 6.92 Å². The topological polar surface area (TPSA) is 98.7 Å². The van der Waals surface area contributed by atoms with Crippen LogP contribution in [-0.4, -0.2) is 40.1 Å². The number of hydrogen-bond acceptors (Lipinski definition) is 7. The maximum Gasteiger partial charge on any atom is 0.343 e. The molecule has 3 aromatic rings. The van der Waals surface area contributed by atoms with Crippen molar-refractivity contribution in [3.8, 4) is 0 Å². The van der Waals surface area contributed by atoms with E-state index in [-0.39, 0.29) is 18.6 Å². The van der Waals surface area contributed by atoms with Crippen molar-refractivity contribution in [2.45, 2.75) is 26.1 Å². The van der Waals surface area contributed by atoms with Crippen LogP contribution in [0.2, 0.25) is 0 Å². The Kier molecular flexibility index (Phi) is 4.04. The first-order valence-corrected chi connectivity index (χ1v) is 8.28. The summed E-state index contributed by atoms with van der Waals surface area (Å²) < 4.78 is 16.1. The van der Waals surface area contributed by atoms with Gasteiger partial charge in [-0.2, -0.15) is 4.98 Å². The first kappa shape index (κ1) is 16.5. The zero-order chi connectivity index (χ0) is 18.3. The summed E-state index contributed by atoms with van der Waals surface area (Å²) in [6.45, 7) is 4.29. The smallest absolute Gasteiger partial charge is 0.343 e. The van der Waals surface area contributed by atoms with Crippen LogP contribution in [0.1, 0.15) is 35.1 Å². The van der Waals surface area contributed by atoms with E-state index in [1.54, 1.807) is 36.1 Å². The number of morpholine rings is 1. The number of amides is 1. The molecule has 0 bridgehead atoms. The molecule has 1 aliphatic rings. The summed E-state index contributed by atoms with van der Waals surface area (Å²) in [5.74, 6) is 0.619. The molecule has 134 valence electrons. The molecule has 0 aliphatic carbocycles. The summed E-state index contributed by atoms with van der Waals surface area (Å²) in [5.41, 5.74) is -0.124. The van der Waals surface area contributed by atoms with Crippen molar-refractivity contribution in [2.24, 2.45) is 0 Å². The van der Waals surface area contributed by atoms with Gasteiger partial charge in [0.2, 0.25) is 0 Å². The largest absolute Gasteiger partial charge is 0.430 e. The molecule has 0 unspecified atom stereocenters. The average molecular weight is 355 g/mol. The van der Waals surface area contributed by atoms with E-state index in [0.717, 1.165) is 0 Å². The number of aromatic nitrogens is 2. The number of fused-ring (bicyclic) bond motifs is 1. The van der Waals surface area contributed by atoms with Crippen LogP contribution in [0.3, 0.4) is 0 Å². The lowest BCUT2D eigenvalue weighted by Gasteiger charge is -2.35. The molecule has 1 aliphatic heterocycles. The minimum atomic E-state index is -0.495. The van der Waals surface area contributed by atoms with Crippen LogP contribution in [0.4, 0.5) is 0 Å². The van der Waals surface area contributed by atoms with E-state index in [9.17, 15) is 9.59 Å². The fraction of sp³-hybridized carbons (Fsp3) is 0.333. The fourth-order valence-corrected chi connectivity index (χ4v) is 3.17. The standard InChI is InChI=1S/C18H17N3O5/c1-10-7-21(8-15(25-10)16-19-11(2)20-26-16)17(22)14-9-24-18(23)13-6-4-3-5-12(13)14/h3-6,9-10,15H,7-8H2,1-2H3/t10-,15-/m1/s1. The number of benzene rings is 1. The van der Waals surface area contributed by atoms with E-state index in [2.05, 4.69) is 10.1 Å². The Morgan fingerprint density at radius 2 is 2.00 bits per heavy atom. The van der Waals surface area contributed by atoms with Crippen LogP contribution >= 0.6 is 0 Å². The van der Waals surface area contributed by atoms with Crippen LogP contribution in [0.15, 0.2) is 44.3 Å². The van der Waals surface area contributed by atoms with Gasteiger partial charge in [0.25, 0.3) is 11.8 Å². The van der Waals surface area contributed by atoms with Gasteiger partial charge in [-0.3, -0.25) is 4.79 Å². The molecule has 1 fully saturated rings. The third-order valence-corrected chi connectivity index (χ3v) is 4.32. The fourth-order valence-electron chi connectivity index (χ4n) is 3.17. The van der Waals surface area contributed by atoms with E-state index in [1.807, 2.05) is 6.92 Å². The molecule has 0 spiro atoms. The van der Waals surface area contributed by atoms with Gasteiger partial charge in [-0.1, -0.05) is 23.4 Å². The van der Waals surface area contributed by atoms with Crippen LogP contribution in [0.25, 0.3) is 10.8 Å². The number of aryl methyl sites for hydroxylation is 1. The lowest BCUT2D eigenvalue weighted by molar-refractivity contribution is -0.0810. The van der Waals surface area contributed by atoms with Gasteiger partial charge < -0.3 is 18.6 Å². The number of carbonyl (C=O) groups is 1. The van der Waals surface area contributed by atoms with Crippen molar-refractivity contribution in [1.82, 2.24) is 15.0 Å². The highest BCUT2D eigenvalue weighted by molar-refractivity contribution is 6.06. The van der Waals surface area contributed by atoms with Crippen LogP contribution in [-0.2, 0) is 4.74 Å². The first-order chi connectivity index (χ1) is 12.5. The van der Waals surface area contributed by atoms with Crippen molar-refractivity contribution in [3.05, 3.63) is 58.2 Å². The predicted octanol–water partition coefficient (Wildman–Crippen LogP) is 2.09. The van der Waals surface area contributed by atoms with E-state index in [4.69, 9.17) is 13.7 Å². The number of rotatable bonds is 2. The second kappa shape index (κ2) is 6.38. The molecule has 0 radical (unpaired) electrons. The minimum Gasteiger partial charge on any atom is -0.430 e. The van der Waals surface area contributed by atoms with Gasteiger partial charge in [0.15, 0.2) is 11.9 Å². The van der Waals surface area contributed by atoms with Crippen molar-refractivity contribution in [2.75, 3.05) is 13.1 Å². The van der Waals surface area contributed by atoms with Crippen molar-refractivity contribution < 1.29 is 18.5 Å². The highest BCUT2D eigenvalue weighted by Gasteiger charge is 2.33. The zero-order valence-corrected chi connectivity index (χ0v) is 14.3. The number of carbonyl (C=O) groups excluding carboxylic acids is 1. The quantitative estimate of drug-likeness (QED) is 0.694. The Bertz CT molecular complexity index is 1020. The van der Waals surface area contributed by atoms with Gasteiger partial charge in [-0.25, -0.2) is 4.79 Å². The third kappa shape index (κ3) is 2.88. The van der Waals surface area contributed by atoms with E-state index in [1.165, 1.54) is 6.26 Å². The Hall–Kier alpha value is -3.00. The highest BCUT2D eigenvalue weighted by Crippen LogP contribution is 2.26. The number of ether oxygens (including phenoxy) is 1. The molecule has 1 aromatic carbocycles. The van der Waals surface area contributed by atoms with Gasteiger partial charge >= 0.3 is 5.63 Å². The molecule has 3 heterocycles. The van der Waals surface area contributed by atoms with Crippen LogP contribution < -0.4 is 5.63 Å². The Morgan fingerprint density at radius 3 is 2.73 bits per heavy atom. The summed E-state index contributed by atoms with van der Waals surface area (Å²) in [6, 6.07) is 6.90. The molecule has 2 atom stereocenters. The molecular weight excluding hydrogens is 338 g/mol. The third-order valence-electron chi connectivity index (χ3n) is 4.32. The predicted molar refractivity (Wildman–Crippen MR) is 90.7 cm³/mol.